The summed E-state index contributed by atoms with van der Waals surface area (Å²) in [7, 11) is 0. The van der Waals surface area contributed by atoms with Crippen molar-refractivity contribution in [3.63, 3.8) is 0 Å². The molecule has 0 amide bonds. The Bertz CT molecular complexity index is 790. The molecule has 0 saturated heterocycles. The van der Waals surface area contributed by atoms with Crippen molar-refractivity contribution < 1.29 is 29.2 Å². The summed E-state index contributed by atoms with van der Waals surface area (Å²) in [6, 6.07) is 0. The maximum atomic E-state index is 9.93. The lowest BCUT2D eigenvalue weighted by atomic mass is 9.60. The van der Waals surface area contributed by atoms with E-state index in [1.807, 2.05) is 0 Å². The van der Waals surface area contributed by atoms with E-state index in [1.165, 1.54) is 83.5 Å². The highest BCUT2D eigenvalue weighted by Crippen LogP contribution is 2.50. The number of unbranched alkanes of at least 4 members (excludes halogenated alkanes) is 6. The molecule has 4 rings (SSSR count). The number of ether oxygens (including phenoxy) is 4. The van der Waals surface area contributed by atoms with Crippen molar-refractivity contribution in [2.45, 2.75) is 226 Å². The van der Waals surface area contributed by atoms with Gasteiger partial charge in [0.2, 0.25) is 0 Å². The topological polar surface area (TPSA) is 77.4 Å². The zero-order valence-electron chi connectivity index (χ0n) is 33.0. The first-order valence-corrected chi connectivity index (χ1v) is 21.3. The predicted octanol–water partition coefficient (Wildman–Crippen LogP) is 10.7. The van der Waals surface area contributed by atoms with Gasteiger partial charge in [0.25, 0.3) is 0 Å². The van der Waals surface area contributed by atoms with Gasteiger partial charge in [-0.3, -0.25) is 0 Å². The summed E-state index contributed by atoms with van der Waals surface area (Å²) in [6.45, 7) is 15.7. The molecule has 4 saturated carbocycles. The second-order valence-electron chi connectivity index (χ2n) is 18.2. The Hall–Kier alpha value is -0.240. The first-order valence-electron chi connectivity index (χ1n) is 21.3. The lowest BCUT2D eigenvalue weighted by molar-refractivity contribution is -0.171. The largest absolute Gasteiger partial charge is 0.393 e. The lowest BCUT2D eigenvalue weighted by Crippen LogP contribution is -2.39. The average molecular weight is 693 g/mol. The van der Waals surface area contributed by atoms with Crippen LogP contribution >= 0.6 is 0 Å². The van der Waals surface area contributed by atoms with Gasteiger partial charge in [-0.05, 0) is 164 Å². The molecular weight excluding hydrogens is 612 g/mol. The van der Waals surface area contributed by atoms with Crippen LogP contribution < -0.4 is 0 Å². The van der Waals surface area contributed by atoms with Gasteiger partial charge in [-0.1, -0.05) is 59.8 Å². The Morgan fingerprint density at radius 3 is 1.00 bits per heavy atom. The molecule has 288 valence electrons. The van der Waals surface area contributed by atoms with E-state index in [4.69, 9.17) is 18.9 Å². The molecule has 0 heterocycles. The van der Waals surface area contributed by atoms with Gasteiger partial charge < -0.3 is 29.2 Å². The van der Waals surface area contributed by atoms with Gasteiger partial charge >= 0.3 is 0 Å². The summed E-state index contributed by atoms with van der Waals surface area (Å²) in [5, 5.41) is 19.9. The molecule has 0 aromatic heterocycles. The average Bonchev–Trinajstić information content (AvgIpc) is 3.08. The van der Waals surface area contributed by atoms with E-state index in [0.717, 1.165) is 101 Å². The molecule has 2 N–H and O–H groups in total. The van der Waals surface area contributed by atoms with Gasteiger partial charge in [0, 0.05) is 13.2 Å². The summed E-state index contributed by atoms with van der Waals surface area (Å²) in [6.07, 6.45) is 27.3. The number of aliphatic hydroxyl groups excluding tert-OH is 2. The Morgan fingerprint density at radius 2 is 0.694 bits per heavy atom. The van der Waals surface area contributed by atoms with Gasteiger partial charge in [0.15, 0.2) is 12.6 Å². The zero-order chi connectivity index (χ0) is 35.3. The standard InChI is InChI=1S/C43H80O6/c1-32(48-40-26-18-36(19-27-40)42(3,4)34-14-22-38(44)23-15-34)46-30-12-10-8-7-9-11-13-31-47-33(2)49-41-28-20-37(21-29-41)43(5,6)35-16-24-39(45)25-17-35/h32-41,44-45H,7-31H2,1-6H3. The second-order valence-corrected chi connectivity index (χ2v) is 18.2. The Morgan fingerprint density at radius 1 is 0.429 bits per heavy atom. The number of rotatable bonds is 20. The first kappa shape index (κ1) is 41.5. The van der Waals surface area contributed by atoms with Crippen molar-refractivity contribution in [3.8, 4) is 0 Å². The van der Waals surface area contributed by atoms with Gasteiger partial charge in [-0.15, -0.1) is 0 Å². The van der Waals surface area contributed by atoms with E-state index in [1.54, 1.807) is 0 Å². The molecule has 0 aliphatic heterocycles. The van der Waals surface area contributed by atoms with Crippen molar-refractivity contribution in [3.05, 3.63) is 0 Å². The van der Waals surface area contributed by atoms with Crippen LogP contribution in [0, 0.1) is 34.5 Å². The SMILES string of the molecule is CC(OCCCCCCCCCOC(C)OC1CCC(C(C)(C)C2CCC(O)CC2)CC1)OC1CCC(C(C)(C)C2CCC(O)CC2)CC1. The molecule has 2 atom stereocenters. The number of aliphatic hydroxyl groups is 2. The molecule has 0 bridgehead atoms. The summed E-state index contributed by atoms with van der Waals surface area (Å²) in [5.41, 5.74) is 0.738. The summed E-state index contributed by atoms with van der Waals surface area (Å²) in [5.74, 6) is 3.06. The van der Waals surface area contributed by atoms with E-state index in [0.29, 0.717) is 23.0 Å². The predicted molar refractivity (Wildman–Crippen MR) is 200 cm³/mol. The third kappa shape index (κ3) is 13.6. The molecule has 4 aliphatic rings. The van der Waals surface area contributed by atoms with Crippen molar-refractivity contribution in [1.29, 1.82) is 0 Å². The van der Waals surface area contributed by atoms with E-state index in [-0.39, 0.29) is 24.8 Å². The minimum Gasteiger partial charge on any atom is -0.393 e. The number of hydrogen-bond acceptors (Lipinski definition) is 6. The van der Waals surface area contributed by atoms with Crippen molar-refractivity contribution >= 4 is 0 Å². The summed E-state index contributed by atoms with van der Waals surface area (Å²) >= 11 is 0. The molecule has 4 fully saturated rings. The maximum absolute atomic E-state index is 9.93. The number of hydrogen-bond donors (Lipinski definition) is 2. The summed E-state index contributed by atoms with van der Waals surface area (Å²) < 4.78 is 24.7. The fourth-order valence-corrected chi connectivity index (χ4v) is 10.4. The molecule has 0 aromatic carbocycles. The highest BCUT2D eigenvalue weighted by atomic mass is 16.7. The van der Waals surface area contributed by atoms with Crippen LogP contribution in [0.25, 0.3) is 0 Å². The molecule has 49 heavy (non-hydrogen) atoms. The van der Waals surface area contributed by atoms with Crippen LogP contribution in [0.4, 0.5) is 0 Å². The molecule has 6 nitrogen and oxygen atoms in total. The third-order valence-electron chi connectivity index (χ3n) is 14.2. The van der Waals surface area contributed by atoms with E-state index in [2.05, 4.69) is 41.5 Å². The Labute approximate surface area is 302 Å². The van der Waals surface area contributed by atoms with Crippen LogP contribution in [0.1, 0.15) is 189 Å². The van der Waals surface area contributed by atoms with Crippen molar-refractivity contribution in [2.24, 2.45) is 34.5 Å². The monoisotopic (exact) mass is 693 g/mol. The molecule has 6 heteroatoms. The summed E-state index contributed by atoms with van der Waals surface area (Å²) in [4.78, 5) is 0. The molecular formula is C43H80O6. The Balaban J connectivity index is 0.924. The fraction of sp³-hybridized carbons (Fsp3) is 1.00. The van der Waals surface area contributed by atoms with Gasteiger partial charge in [-0.2, -0.15) is 0 Å². The highest BCUT2D eigenvalue weighted by Gasteiger charge is 2.42. The first-order chi connectivity index (χ1) is 23.4. The molecule has 0 radical (unpaired) electrons. The Kier molecular flexibility index (Phi) is 17.7. The maximum Gasteiger partial charge on any atom is 0.155 e. The smallest absolute Gasteiger partial charge is 0.155 e. The second kappa shape index (κ2) is 20.9. The zero-order valence-corrected chi connectivity index (χ0v) is 33.0. The van der Waals surface area contributed by atoms with E-state index >= 15 is 0 Å². The fourth-order valence-electron chi connectivity index (χ4n) is 10.4. The molecule has 2 unspecified atom stereocenters. The van der Waals surface area contributed by atoms with Crippen LogP contribution in [-0.4, -0.2) is 60.4 Å². The van der Waals surface area contributed by atoms with Gasteiger partial charge in [0.1, 0.15) is 0 Å². The van der Waals surface area contributed by atoms with Crippen molar-refractivity contribution in [1.82, 2.24) is 0 Å². The minimum absolute atomic E-state index is 0.0628. The van der Waals surface area contributed by atoms with Gasteiger partial charge in [-0.25, -0.2) is 0 Å². The van der Waals surface area contributed by atoms with Crippen LogP contribution in [0.5, 0.6) is 0 Å². The molecule has 0 spiro atoms. The quantitative estimate of drug-likeness (QED) is 0.0977. The van der Waals surface area contributed by atoms with Crippen LogP contribution in [0.2, 0.25) is 0 Å². The van der Waals surface area contributed by atoms with Crippen LogP contribution in [0.15, 0.2) is 0 Å². The molecule has 4 aliphatic carbocycles. The third-order valence-corrected chi connectivity index (χ3v) is 14.2. The van der Waals surface area contributed by atoms with E-state index in [9.17, 15) is 10.2 Å². The van der Waals surface area contributed by atoms with Crippen LogP contribution in [-0.2, 0) is 18.9 Å². The van der Waals surface area contributed by atoms with Crippen molar-refractivity contribution in [2.75, 3.05) is 13.2 Å². The van der Waals surface area contributed by atoms with Crippen LogP contribution in [0.3, 0.4) is 0 Å². The van der Waals surface area contributed by atoms with Gasteiger partial charge in [0.05, 0.1) is 24.4 Å². The van der Waals surface area contributed by atoms with E-state index < -0.39 is 0 Å². The highest BCUT2D eigenvalue weighted by molar-refractivity contribution is 4.92. The minimum atomic E-state index is -0.106. The lowest BCUT2D eigenvalue weighted by Gasteiger charge is -2.46. The normalized spacial score (nSPS) is 33.3. The molecule has 0 aromatic rings.